The molecule has 23 nitrogen and oxygen atoms in total. The Kier molecular flexibility index (Phi) is 23.3. The van der Waals surface area contributed by atoms with Crippen LogP contribution in [0.25, 0.3) is 0 Å². The van der Waals surface area contributed by atoms with Crippen LogP contribution in [0.3, 0.4) is 0 Å². The number of phenolic OH excluding ortho intramolecular Hbond substituents is 1. The molecule has 0 saturated carbocycles. The SMILES string of the molecule is CC[C@H](C)[C@H](NC(=O)[C@H](C)NC(=O)[C@H](CC(C)C)NC(=O)[C@@H](N)CO)C(=O)N[C@@H](CC(=O)O)C(=O)N[C@@H](C)C(=O)N[C@@H](Cc1ccc(O)cc1)C(=O)N1CCC[C@H]1C(=O)N[C@@H](CC(C)C)C(=O)O. The molecule has 0 bridgehead atoms. The van der Waals surface area contributed by atoms with E-state index in [2.05, 4.69) is 37.2 Å². The van der Waals surface area contributed by atoms with Crippen LogP contribution in [0.5, 0.6) is 5.75 Å². The number of aromatic hydroxyl groups is 1. The number of nitrogens with one attached hydrogen (secondary N) is 7. The molecule has 0 spiro atoms. The Bertz CT molecular complexity index is 1950. The first-order valence-electron chi connectivity index (χ1n) is 22.8. The predicted octanol–water partition coefficient (Wildman–Crippen LogP) is -1.62. The van der Waals surface area contributed by atoms with Crippen LogP contribution < -0.4 is 43.0 Å². The second-order valence-electron chi connectivity index (χ2n) is 18.1. The van der Waals surface area contributed by atoms with Crippen molar-refractivity contribution in [3.8, 4) is 5.75 Å². The van der Waals surface area contributed by atoms with Crippen LogP contribution in [0.2, 0.25) is 0 Å². The van der Waals surface area contributed by atoms with E-state index in [0.717, 1.165) is 0 Å². The lowest BCUT2D eigenvalue weighted by atomic mass is 9.97. The van der Waals surface area contributed by atoms with E-state index in [4.69, 9.17) is 5.73 Å². The molecular formula is C45H71N9O14. The van der Waals surface area contributed by atoms with Crippen molar-refractivity contribution < 1.29 is 68.4 Å². The van der Waals surface area contributed by atoms with Gasteiger partial charge >= 0.3 is 11.9 Å². The summed E-state index contributed by atoms with van der Waals surface area (Å²) in [5.41, 5.74) is 6.08. The number of amides is 8. The molecule has 1 aromatic rings. The Labute approximate surface area is 395 Å². The van der Waals surface area contributed by atoms with Crippen molar-refractivity contribution in [2.75, 3.05) is 13.2 Å². The molecule has 0 aromatic heterocycles. The zero-order valence-electron chi connectivity index (χ0n) is 40.0. The third kappa shape index (κ3) is 18.4. The minimum Gasteiger partial charge on any atom is -0.508 e. The molecule has 1 aliphatic rings. The minimum atomic E-state index is -1.79. The van der Waals surface area contributed by atoms with Crippen LogP contribution >= 0.6 is 0 Å². The smallest absolute Gasteiger partial charge is 0.326 e. The summed E-state index contributed by atoms with van der Waals surface area (Å²) in [5, 5.41) is 55.8. The number of carbonyl (C=O) groups is 10. The van der Waals surface area contributed by atoms with E-state index in [1.165, 1.54) is 43.0 Å². The van der Waals surface area contributed by atoms with Gasteiger partial charge in [-0.25, -0.2) is 4.79 Å². The summed E-state index contributed by atoms with van der Waals surface area (Å²) < 4.78 is 0. The van der Waals surface area contributed by atoms with E-state index >= 15 is 0 Å². The molecular weight excluding hydrogens is 891 g/mol. The molecule has 10 atom stereocenters. The number of hydrogen-bond acceptors (Lipinski definition) is 13. The largest absolute Gasteiger partial charge is 0.508 e. The quantitative estimate of drug-likeness (QED) is 0.0471. The normalized spacial score (nSPS) is 17.5. The van der Waals surface area contributed by atoms with E-state index in [0.29, 0.717) is 18.4 Å². The van der Waals surface area contributed by atoms with E-state index in [1.54, 1.807) is 41.5 Å². The minimum absolute atomic E-state index is 0.0654. The topological polar surface area (TPSA) is 365 Å². The van der Waals surface area contributed by atoms with Gasteiger partial charge in [-0.2, -0.15) is 0 Å². The highest BCUT2D eigenvalue weighted by atomic mass is 16.4. The van der Waals surface area contributed by atoms with Gasteiger partial charge in [-0.1, -0.05) is 60.1 Å². The Balaban J connectivity index is 2.28. The van der Waals surface area contributed by atoms with Crippen molar-refractivity contribution in [2.45, 2.75) is 155 Å². The van der Waals surface area contributed by atoms with Gasteiger partial charge in [-0.3, -0.25) is 43.2 Å². The van der Waals surface area contributed by atoms with Crippen LogP contribution in [0, 0.1) is 17.8 Å². The average Bonchev–Trinajstić information content (AvgIpc) is 3.76. The average molecular weight is 962 g/mol. The molecule has 13 N–H and O–H groups in total. The highest BCUT2D eigenvalue weighted by Crippen LogP contribution is 2.21. The number of nitrogens with zero attached hydrogens (tertiary/aromatic N) is 1. The lowest BCUT2D eigenvalue weighted by Gasteiger charge is -2.30. The van der Waals surface area contributed by atoms with Crippen LogP contribution in [0.4, 0.5) is 0 Å². The zero-order valence-corrected chi connectivity index (χ0v) is 40.0. The summed E-state index contributed by atoms with van der Waals surface area (Å²) in [6.07, 6.45) is 0.131. The van der Waals surface area contributed by atoms with Gasteiger partial charge in [-0.15, -0.1) is 0 Å². The number of carboxylic acid groups (broad SMARTS) is 2. The Morgan fingerprint density at radius 2 is 1.18 bits per heavy atom. The number of aliphatic carboxylic acids is 2. The molecule has 0 radical (unpaired) electrons. The Hall–Kier alpha value is -6.36. The summed E-state index contributed by atoms with van der Waals surface area (Å²) in [6, 6.07) is -6.14. The number of phenols is 1. The maximum absolute atomic E-state index is 14.2. The summed E-state index contributed by atoms with van der Waals surface area (Å²) in [5.74, 6) is -10.3. The van der Waals surface area contributed by atoms with Crippen molar-refractivity contribution >= 4 is 59.2 Å². The van der Waals surface area contributed by atoms with Crippen LogP contribution in [-0.4, -0.2) is 152 Å². The number of likely N-dealkylation sites (tertiary alicyclic amines) is 1. The predicted molar refractivity (Wildman–Crippen MR) is 245 cm³/mol. The molecule has 1 aromatic carbocycles. The molecule has 8 amide bonds. The van der Waals surface area contributed by atoms with Crippen molar-refractivity contribution in [1.29, 1.82) is 0 Å². The Morgan fingerprint density at radius 3 is 1.69 bits per heavy atom. The number of benzene rings is 1. The molecule has 68 heavy (non-hydrogen) atoms. The van der Waals surface area contributed by atoms with E-state index < -0.39 is 133 Å². The summed E-state index contributed by atoms with van der Waals surface area (Å²) in [4.78, 5) is 133. The molecule has 0 unspecified atom stereocenters. The fourth-order valence-electron chi connectivity index (χ4n) is 7.28. The van der Waals surface area contributed by atoms with Crippen molar-refractivity contribution in [2.24, 2.45) is 23.5 Å². The molecule has 1 saturated heterocycles. The second kappa shape index (κ2) is 27.5. The molecule has 0 aliphatic carbocycles. The number of aliphatic hydroxyl groups excluding tert-OH is 1. The highest BCUT2D eigenvalue weighted by molar-refractivity contribution is 5.99. The lowest BCUT2D eigenvalue weighted by Crippen LogP contribution is -2.61. The van der Waals surface area contributed by atoms with Gasteiger partial charge in [0, 0.05) is 13.0 Å². The van der Waals surface area contributed by atoms with E-state index in [1.807, 2.05) is 0 Å². The van der Waals surface area contributed by atoms with Crippen molar-refractivity contribution in [3.63, 3.8) is 0 Å². The lowest BCUT2D eigenvalue weighted by molar-refractivity contribution is -0.145. The summed E-state index contributed by atoms with van der Waals surface area (Å²) in [7, 11) is 0. The van der Waals surface area contributed by atoms with Gasteiger partial charge in [0.15, 0.2) is 0 Å². The number of carbonyl (C=O) groups excluding carboxylic acids is 8. The van der Waals surface area contributed by atoms with Crippen molar-refractivity contribution in [1.82, 2.24) is 42.1 Å². The van der Waals surface area contributed by atoms with Crippen LogP contribution in [0.1, 0.15) is 99.5 Å². The molecule has 1 fully saturated rings. The van der Waals surface area contributed by atoms with Gasteiger partial charge < -0.3 is 68.3 Å². The first-order chi connectivity index (χ1) is 31.8. The summed E-state index contributed by atoms with van der Waals surface area (Å²) >= 11 is 0. The monoisotopic (exact) mass is 962 g/mol. The van der Waals surface area contributed by atoms with Gasteiger partial charge in [0.05, 0.1) is 13.0 Å². The van der Waals surface area contributed by atoms with Crippen molar-refractivity contribution in [3.05, 3.63) is 29.8 Å². The molecule has 2 rings (SSSR count). The zero-order chi connectivity index (χ0) is 51.6. The maximum Gasteiger partial charge on any atom is 0.326 e. The van der Waals surface area contributed by atoms with Crippen LogP contribution in [0.15, 0.2) is 24.3 Å². The first kappa shape index (κ1) is 57.8. The number of rotatable bonds is 27. The fourth-order valence-corrected chi connectivity index (χ4v) is 7.28. The third-order valence-corrected chi connectivity index (χ3v) is 11.3. The van der Waals surface area contributed by atoms with Gasteiger partial charge in [0.2, 0.25) is 47.3 Å². The number of aliphatic hydroxyl groups is 1. The second-order valence-corrected chi connectivity index (χ2v) is 18.1. The van der Waals surface area contributed by atoms with E-state index in [9.17, 15) is 68.4 Å². The van der Waals surface area contributed by atoms with Crippen LogP contribution in [-0.2, 0) is 54.4 Å². The number of carboxylic acids is 2. The maximum atomic E-state index is 14.2. The summed E-state index contributed by atoms with van der Waals surface area (Å²) in [6.45, 7) is 12.5. The molecule has 380 valence electrons. The van der Waals surface area contributed by atoms with Gasteiger partial charge in [0.1, 0.15) is 60.1 Å². The van der Waals surface area contributed by atoms with Gasteiger partial charge in [0.25, 0.3) is 0 Å². The Morgan fingerprint density at radius 1 is 0.662 bits per heavy atom. The molecule has 23 heteroatoms. The third-order valence-electron chi connectivity index (χ3n) is 11.3. The molecule has 1 aliphatic heterocycles. The first-order valence-corrected chi connectivity index (χ1v) is 22.8. The molecule has 1 heterocycles. The number of nitrogens with two attached hydrogens (primary N) is 1. The standard InChI is InChI=1S/C45H71N9O14/c1-9-24(6)36(53-38(60)26(8)48-40(62)30(17-22(2)3)49-39(61)29(46)21-55)43(65)50-31(20-35(57)58)41(63)47-25(7)37(59)51-32(19-27-12-14-28(56)15-13-27)44(66)54-16-10-11-34(54)42(64)52-33(45(67)68)18-23(4)5/h12-15,22-26,29-34,36,55-56H,9-11,16-21,46H2,1-8H3,(H,47,63)(H,48,62)(H,49,61)(H,50,65)(H,51,59)(H,52,64)(H,53,60)(H,57,58)(H,67,68)/t24-,25-,26-,29-,30-,31-,32-,33-,34-,36-/m0/s1. The van der Waals surface area contributed by atoms with E-state index in [-0.39, 0.29) is 49.8 Å². The highest BCUT2D eigenvalue weighted by Gasteiger charge is 2.40. The van der Waals surface area contributed by atoms with Gasteiger partial charge in [-0.05, 0) is 75.0 Å². The number of hydrogen-bond donors (Lipinski definition) is 12. The fraction of sp³-hybridized carbons (Fsp3) is 0.644.